The average Bonchev–Trinajstić information content (AvgIpc) is 2.73. The van der Waals surface area contributed by atoms with E-state index < -0.39 is 0 Å². The molecule has 0 bridgehead atoms. The van der Waals surface area contributed by atoms with Gasteiger partial charge in [-0.15, -0.1) is 0 Å². The van der Waals surface area contributed by atoms with Crippen LogP contribution in [-0.4, -0.2) is 14.1 Å². The van der Waals surface area contributed by atoms with E-state index in [9.17, 15) is 9.59 Å². The van der Waals surface area contributed by atoms with Crippen LogP contribution in [0.25, 0.3) is 11.0 Å². The molecule has 5 heteroatoms. The van der Waals surface area contributed by atoms with Gasteiger partial charge >= 0.3 is 5.69 Å². The van der Waals surface area contributed by atoms with Gasteiger partial charge in [0.05, 0.1) is 5.52 Å². The van der Waals surface area contributed by atoms with Gasteiger partial charge in [-0.1, -0.05) is 0 Å². The summed E-state index contributed by atoms with van der Waals surface area (Å²) in [6.45, 7) is 0. The van der Waals surface area contributed by atoms with Crippen molar-refractivity contribution < 1.29 is 0 Å². The molecule has 0 fully saturated rings. The first-order chi connectivity index (χ1) is 8.11. The number of rotatable bonds is 0. The molecule has 1 aliphatic rings. The van der Waals surface area contributed by atoms with Gasteiger partial charge in [0.15, 0.2) is 0 Å². The van der Waals surface area contributed by atoms with Gasteiger partial charge < -0.3 is 4.98 Å². The SMILES string of the molecule is Cn1c(=O)c2[nH]c3c(c2n(C)c1=O)CCCC3. The van der Waals surface area contributed by atoms with Crippen LogP contribution in [0.5, 0.6) is 0 Å². The molecule has 1 aliphatic carbocycles. The Labute approximate surface area is 97.7 Å². The van der Waals surface area contributed by atoms with E-state index in [4.69, 9.17) is 0 Å². The molecular weight excluding hydrogens is 218 g/mol. The second kappa shape index (κ2) is 3.35. The Bertz CT molecular complexity index is 718. The Morgan fingerprint density at radius 1 is 1.06 bits per heavy atom. The molecule has 1 N–H and O–H groups in total. The molecule has 0 radical (unpaired) electrons. The summed E-state index contributed by atoms with van der Waals surface area (Å²) in [5.74, 6) is 0. The second-order valence-corrected chi connectivity index (χ2v) is 4.72. The van der Waals surface area contributed by atoms with Crippen LogP contribution in [0.3, 0.4) is 0 Å². The lowest BCUT2D eigenvalue weighted by molar-refractivity contribution is 0.674. The van der Waals surface area contributed by atoms with E-state index in [-0.39, 0.29) is 11.2 Å². The van der Waals surface area contributed by atoms with Crippen molar-refractivity contribution in [3.05, 3.63) is 32.1 Å². The van der Waals surface area contributed by atoms with Gasteiger partial charge in [-0.3, -0.25) is 13.9 Å². The standard InChI is InChI=1S/C12H15N3O2/c1-14-10-7-5-3-4-6-8(7)13-9(10)11(16)15(2)12(14)17/h13H,3-6H2,1-2H3. The maximum Gasteiger partial charge on any atom is 0.331 e. The number of fused-ring (bicyclic) bond motifs is 3. The summed E-state index contributed by atoms with van der Waals surface area (Å²) in [6.07, 6.45) is 4.20. The number of nitrogens with one attached hydrogen (secondary N) is 1. The molecule has 17 heavy (non-hydrogen) atoms. The average molecular weight is 233 g/mol. The lowest BCUT2D eigenvalue weighted by Gasteiger charge is -2.11. The zero-order chi connectivity index (χ0) is 12.2. The van der Waals surface area contributed by atoms with Crippen molar-refractivity contribution in [2.45, 2.75) is 25.7 Å². The second-order valence-electron chi connectivity index (χ2n) is 4.72. The first-order valence-electron chi connectivity index (χ1n) is 5.90. The quantitative estimate of drug-likeness (QED) is 0.718. The number of hydrogen-bond donors (Lipinski definition) is 1. The highest BCUT2D eigenvalue weighted by Gasteiger charge is 2.20. The third kappa shape index (κ3) is 1.25. The minimum Gasteiger partial charge on any atom is -0.352 e. The van der Waals surface area contributed by atoms with E-state index in [2.05, 4.69) is 4.98 Å². The first kappa shape index (κ1) is 10.4. The minimum atomic E-state index is -0.255. The van der Waals surface area contributed by atoms with Crippen LogP contribution in [0.15, 0.2) is 9.59 Å². The smallest absolute Gasteiger partial charge is 0.331 e. The third-order valence-corrected chi connectivity index (χ3v) is 3.69. The van der Waals surface area contributed by atoms with Gasteiger partial charge in [0, 0.05) is 19.8 Å². The van der Waals surface area contributed by atoms with Crippen molar-refractivity contribution in [3.8, 4) is 0 Å². The van der Waals surface area contributed by atoms with E-state index in [0.717, 1.165) is 47.0 Å². The fourth-order valence-corrected chi connectivity index (χ4v) is 2.77. The maximum absolute atomic E-state index is 12.0. The molecule has 0 saturated heterocycles. The third-order valence-electron chi connectivity index (χ3n) is 3.69. The predicted octanol–water partition coefficient (Wildman–Crippen LogP) is 0.444. The molecule has 2 aromatic rings. The van der Waals surface area contributed by atoms with Crippen LogP contribution in [0, 0.1) is 0 Å². The van der Waals surface area contributed by atoms with E-state index in [1.54, 1.807) is 11.6 Å². The van der Waals surface area contributed by atoms with Crippen LogP contribution in [-0.2, 0) is 26.9 Å². The molecule has 5 nitrogen and oxygen atoms in total. The van der Waals surface area contributed by atoms with Crippen molar-refractivity contribution in [3.63, 3.8) is 0 Å². The molecule has 0 unspecified atom stereocenters. The molecule has 0 atom stereocenters. The summed E-state index contributed by atoms with van der Waals surface area (Å²) in [5.41, 5.74) is 3.18. The predicted molar refractivity (Wildman–Crippen MR) is 65.4 cm³/mol. The van der Waals surface area contributed by atoms with Crippen molar-refractivity contribution in [1.29, 1.82) is 0 Å². The summed E-state index contributed by atoms with van der Waals surface area (Å²) in [5, 5.41) is 0. The Morgan fingerprint density at radius 2 is 1.76 bits per heavy atom. The Balaban J connectivity index is 2.55. The minimum absolute atomic E-state index is 0.225. The normalized spacial score (nSPS) is 15.2. The topological polar surface area (TPSA) is 59.8 Å². The molecule has 0 amide bonds. The highest BCUT2D eigenvalue weighted by atomic mass is 16.2. The van der Waals surface area contributed by atoms with Gasteiger partial charge in [0.2, 0.25) is 0 Å². The molecule has 3 rings (SSSR count). The number of aromatic nitrogens is 3. The Kier molecular flexibility index (Phi) is 2.05. The highest BCUT2D eigenvalue weighted by Crippen LogP contribution is 2.26. The van der Waals surface area contributed by atoms with Crippen molar-refractivity contribution in [2.75, 3.05) is 0 Å². The monoisotopic (exact) mass is 233 g/mol. The number of hydrogen-bond acceptors (Lipinski definition) is 2. The van der Waals surface area contributed by atoms with Crippen LogP contribution in [0.4, 0.5) is 0 Å². The molecule has 2 heterocycles. The van der Waals surface area contributed by atoms with Crippen molar-refractivity contribution in [1.82, 2.24) is 14.1 Å². The van der Waals surface area contributed by atoms with E-state index >= 15 is 0 Å². The number of aryl methyl sites for hydroxylation is 3. The summed E-state index contributed by atoms with van der Waals surface area (Å²) in [4.78, 5) is 27.1. The molecule has 0 spiro atoms. The number of aromatic amines is 1. The zero-order valence-electron chi connectivity index (χ0n) is 10.0. The molecule has 0 aliphatic heterocycles. The highest BCUT2D eigenvalue weighted by molar-refractivity contribution is 5.80. The van der Waals surface area contributed by atoms with Gasteiger partial charge in [-0.25, -0.2) is 4.79 Å². The summed E-state index contributed by atoms with van der Waals surface area (Å²) < 4.78 is 2.74. The van der Waals surface area contributed by atoms with Crippen LogP contribution >= 0.6 is 0 Å². The van der Waals surface area contributed by atoms with Crippen LogP contribution in [0.2, 0.25) is 0 Å². The lowest BCUT2D eigenvalue weighted by Crippen LogP contribution is -2.37. The first-order valence-corrected chi connectivity index (χ1v) is 5.90. The number of nitrogens with zero attached hydrogens (tertiary/aromatic N) is 2. The largest absolute Gasteiger partial charge is 0.352 e. The van der Waals surface area contributed by atoms with Gasteiger partial charge in [-0.2, -0.15) is 0 Å². The summed E-state index contributed by atoms with van der Waals surface area (Å²) >= 11 is 0. The lowest BCUT2D eigenvalue weighted by atomic mass is 9.97. The van der Waals surface area contributed by atoms with Gasteiger partial charge in [0.25, 0.3) is 5.56 Å². The maximum atomic E-state index is 12.0. The molecule has 90 valence electrons. The molecule has 0 aromatic carbocycles. The van der Waals surface area contributed by atoms with E-state index in [1.165, 1.54) is 7.05 Å². The van der Waals surface area contributed by atoms with Gasteiger partial charge in [-0.05, 0) is 31.2 Å². The fourth-order valence-electron chi connectivity index (χ4n) is 2.77. The summed E-state index contributed by atoms with van der Waals surface area (Å²) in [7, 11) is 3.25. The van der Waals surface area contributed by atoms with Crippen LogP contribution < -0.4 is 11.2 Å². The number of H-pyrrole nitrogens is 1. The Hall–Kier alpha value is -1.78. The fraction of sp³-hybridized carbons (Fsp3) is 0.500. The molecular formula is C12H15N3O2. The van der Waals surface area contributed by atoms with Crippen LogP contribution in [0.1, 0.15) is 24.1 Å². The summed E-state index contributed by atoms with van der Waals surface area (Å²) in [6, 6.07) is 0. The van der Waals surface area contributed by atoms with E-state index in [1.807, 2.05) is 0 Å². The van der Waals surface area contributed by atoms with E-state index in [0.29, 0.717) is 5.52 Å². The molecule has 2 aromatic heterocycles. The zero-order valence-corrected chi connectivity index (χ0v) is 10.0. The molecule has 0 saturated carbocycles. The van der Waals surface area contributed by atoms with Crippen molar-refractivity contribution >= 4 is 11.0 Å². The van der Waals surface area contributed by atoms with Crippen molar-refractivity contribution in [2.24, 2.45) is 14.1 Å². The van der Waals surface area contributed by atoms with Gasteiger partial charge in [0.1, 0.15) is 5.52 Å². The Morgan fingerprint density at radius 3 is 2.53 bits per heavy atom.